The van der Waals surface area contributed by atoms with Crippen LogP contribution in [0.2, 0.25) is 0 Å². The van der Waals surface area contributed by atoms with Gasteiger partial charge < -0.3 is 9.47 Å². The summed E-state index contributed by atoms with van der Waals surface area (Å²) in [6, 6.07) is 0. The van der Waals surface area contributed by atoms with Gasteiger partial charge in [0.25, 0.3) is 0 Å². The first-order valence-corrected chi connectivity index (χ1v) is 13.2. The standard InChI is InChI=1S/C28H50O4/c1-5-7-9-11-13-15-17-19-21-25(3)31-27(29)23-24-28(30)32-26(4)22-20-18-16-14-12-10-8-6-2/h21-22H,5-20,23-24H2,1-4H3/b25-21+,26-22+. The molecule has 0 aromatic heterocycles. The van der Waals surface area contributed by atoms with Crippen molar-refractivity contribution in [3.05, 3.63) is 23.7 Å². The molecule has 0 aliphatic rings. The number of esters is 2. The van der Waals surface area contributed by atoms with Crippen molar-refractivity contribution in [3.8, 4) is 0 Å². The van der Waals surface area contributed by atoms with E-state index in [1.807, 2.05) is 12.2 Å². The van der Waals surface area contributed by atoms with Crippen molar-refractivity contribution in [1.29, 1.82) is 0 Å². The first-order valence-electron chi connectivity index (χ1n) is 13.2. The molecule has 0 saturated carbocycles. The Hall–Kier alpha value is -1.58. The normalized spacial score (nSPS) is 12.1. The van der Waals surface area contributed by atoms with Crippen LogP contribution in [-0.4, -0.2) is 11.9 Å². The van der Waals surface area contributed by atoms with Gasteiger partial charge in [0.05, 0.1) is 12.8 Å². The number of allylic oxidation sites excluding steroid dienone is 4. The Morgan fingerprint density at radius 2 is 0.844 bits per heavy atom. The summed E-state index contributed by atoms with van der Waals surface area (Å²) in [5.41, 5.74) is 0. The van der Waals surface area contributed by atoms with Gasteiger partial charge in [-0.05, 0) is 51.7 Å². The maximum Gasteiger partial charge on any atom is 0.311 e. The minimum Gasteiger partial charge on any atom is -0.432 e. The Morgan fingerprint density at radius 3 is 1.19 bits per heavy atom. The Balaban J connectivity index is 3.80. The third kappa shape index (κ3) is 21.6. The molecule has 0 aliphatic heterocycles. The molecule has 0 aromatic carbocycles. The lowest BCUT2D eigenvalue weighted by Gasteiger charge is -2.06. The van der Waals surface area contributed by atoms with Crippen molar-refractivity contribution in [3.63, 3.8) is 0 Å². The molecular weight excluding hydrogens is 400 g/mol. The molecule has 4 heteroatoms. The second kappa shape index (κ2) is 22.6. The van der Waals surface area contributed by atoms with E-state index in [9.17, 15) is 9.59 Å². The number of hydrogen-bond acceptors (Lipinski definition) is 4. The van der Waals surface area contributed by atoms with Gasteiger partial charge in [0.2, 0.25) is 0 Å². The van der Waals surface area contributed by atoms with Gasteiger partial charge in [-0.3, -0.25) is 9.59 Å². The highest BCUT2D eigenvalue weighted by atomic mass is 16.5. The molecule has 0 amide bonds. The van der Waals surface area contributed by atoms with Crippen molar-refractivity contribution in [2.45, 2.75) is 143 Å². The summed E-state index contributed by atoms with van der Waals surface area (Å²) >= 11 is 0. The van der Waals surface area contributed by atoms with E-state index in [2.05, 4.69) is 13.8 Å². The zero-order chi connectivity index (χ0) is 23.9. The first-order chi connectivity index (χ1) is 15.5. The van der Waals surface area contributed by atoms with E-state index in [0.717, 1.165) is 25.7 Å². The largest absolute Gasteiger partial charge is 0.432 e. The van der Waals surface area contributed by atoms with E-state index in [0.29, 0.717) is 11.5 Å². The van der Waals surface area contributed by atoms with Crippen LogP contribution in [0.25, 0.3) is 0 Å². The number of rotatable bonds is 21. The van der Waals surface area contributed by atoms with Crippen LogP contribution in [0.5, 0.6) is 0 Å². The van der Waals surface area contributed by atoms with Crippen LogP contribution in [-0.2, 0) is 19.1 Å². The van der Waals surface area contributed by atoms with Crippen molar-refractivity contribution < 1.29 is 19.1 Å². The van der Waals surface area contributed by atoms with Crippen LogP contribution in [0.4, 0.5) is 0 Å². The molecule has 0 bridgehead atoms. The van der Waals surface area contributed by atoms with E-state index in [1.165, 1.54) is 77.0 Å². The number of unbranched alkanes of at least 4 members (excludes halogenated alkanes) is 14. The summed E-state index contributed by atoms with van der Waals surface area (Å²) in [6.07, 6.45) is 23.7. The maximum atomic E-state index is 11.9. The Bertz CT molecular complexity index is 486. The fourth-order valence-electron chi connectivity index (χ4n) is 3.56. The molecule has 0 heterocycles. The summed E-state index contributed by atoms with van der Waals surface area (Å²) in [4.78, 5) is 23.9. The Labute approximate surface area is 198 Å². The van der Waals surface area contributed by atoms with Gasteiger partial charge in [-0.15, -0.1) is 0 Å². The molecule has 0 N–H and O–H groups in total. The van der Waals surface area contributed by atoms with Crippen molar-refractivity contribution in [1.82, 2.24) is 0 Å². The van der Waals surface area contributed by atoms with Crippen molar-refractivity contribution in [2.24, 2.45) is 0 Å². The van der Waals surface area contributed by atoms with Crippen LogP contribution < -0.4 is 0 Å². The third-order valence-corrected chi connectivity index (χ3v) is 5.56. The maximum absolute atomic E-state index is 11.9. The highest BCUT2D eigenvalue weighted by Gasteiger charge is 2.10. The van der Waals surface area contributed by atoms with E-state index in [-0.39, 0.29) is 24.8 Å². The first kappa shape index (κ1) is 30.4. The van der Waals surface area contributed by atoms with Crippen LogP contribution in [0.3, 0.4) is 0 Å². The van der Waals surface area contributed by atoms with Gasteiger partial charge in [-0.25, -0.2) is 0 Å². The fourth-order valence-corrected chi connectivity index (χ4v) is 3.56. The van der Waals surface area contributed by atoms with Crippen LogP contribution in [0.15, 0.2) is 23.7 Å². The van der Waals surface area contributed by atoms with Gasteiger partial charge in [0, 0.05) is 0 Å². The van der Waals surface area contributed by atoms with Crippen molar-refractivity contribution in [2.75, 3.05) is 0 Å². The van der Waals surface area contributed by atoms with Crippen LogP contribution in [0.1, 0.15) is 143 Å². The molecule has 0 rings (SSSR count). The lowest BCUT2D eigenvalue weighted by molar-refractivity contribution is -0.146. The molecule has 32 heavy (non-hydrogen) atoms. The average Bonchev–Trinajstić information content (AvgIpc) is 2.76. The predicted molar refractivity (Wildman–Crippen MR) is 134 cm³/mol. The van der Waals surface area contributed by atoms with Gasteiger partial charge in [0.1, 0.15) is 11.5 Å². The quantitative estimate of drug-likeness (QED) is 0.0994. The van der Waals surface area contributed by atoms with E-state index in [1.54, 1.807) is 13.8 Å². The van der Waals surface area contributed by atoms with E-state index >= 15 is 0 Å². The summed E-state index contributed by atoms with van der Waals surface area (Å²) in [7, 11) is 0. The molecule has 0 aliphatic carbocycles. The molecule has 0 atom stereocenters. The lowest BCUT2D eigenvalue weighted by Crippen LogP contribution is -2.09. The molecule has 0 aromatic rings. The highest BCUT2D eigenvalue weighted by Crippen LogP contribution is 2.12. The Morgan fingerprint density at radius 1 is 0.531 bits per heavy atom. The van der Waals surface area contributed by atoms with Gasteiger partial charge in [-0.1, -0.05) is 90.9 Å². The highest BCUT2D eigenvalue weighted by molar-refractivity contribution is 5.78. The predicted octanol–water partition coefficient (Wildman–Crippen LogP) is 8.94. The molecule has 0 fully saturated rings. The monoisotopic (exact) mass is 450 g/mol. The zero-order valence-electron chi connectivity index (χ0n) is 21.5. The van der Waals surface area contributed by atoms with Crippen molar-refractivity contribution >= 4 is 11.9 Å². The van der Waals surface area contributed by atoms with Crippen LogP contribution in [0, 0.1) is 0 Å². The fraction of sp³-hybridized carbons (Fsp3) is 0.786. The summed E-state index contributed by atoms with van der Waals surface area (Å²) in [5, 5.41) is 0. The van der Waals surface area contributed by atoms with Gasteiger partial charge in [0.15, 0.2) is 0 Å². The molecule has 0 spiro atoms. The van der Waals surface area contributed by atoms with Crippen LogP contribution >= 0.6 is 0 Å². The molecule has 4 nitrogen and oxygen atoms in total. The zero-order valence-corrected chi connectivity index (χ0v) is 21.5. The number of carbonyl (C=O) groups excluding carboxylic acids is 2. The van der Waals surface area contributed by atoms with E-state index < -0.39 is 0 Å². The Kier molecular flexibility index (Phi) is 21.5. The molecule has 0 radical (unpaired) electrons. The summed E-state index contributed by atoms with van der Waals surface area (Å²) < 4.78 is 10.6. The molecular formula is C28H50O4. The van der Waals surface area contributed by atoms with Gasteiger partial charge in [-0.2, -0.15) is 0 Å². The SMILES string of the molecule is CCCCCCCCC/C=C(\C)OC(=O)CCC(=O)O/C(C)=C/CCCCCCCCC. The topological polar surface area (TPSA) is 52.6 Å². The number of hydrogen-bond donors (Lipinski definition) is 0. The number of ether oxygens (including phenoxy) is 2. The second-order valence-electron chi connectivity index (χ2n) is 8.90. The average molecular weight is 451 g/mol. The number of carbonyl (C=O) groups is 2. The van der Waals surface area contributed by atoms with Gasteiger partial charge >= 0.3 is 11.9 Å². The summed E-state index contributed by atoms with van der Waals surface area (Å²) in [5.74, 6) is 0.500. The van der Waals surface area contributed by atoms with E-state index in [4.69, 9.17) is 9.47 Å². The molecule has 186 valence electrons. The lowest BCUT2D eigenvalue weighted by atomic mass is 10.1. The summed E-state index contributed by atoms with van der Waals surface area (Å²) in [6.45, 7) is 8.06. The third-order valence-electron chi connectivity index (χ3n) is 5.56. The second-order valence-corrected chi connectivity index (χ2v) is 8.90. The minimum absolute atomic E-state index is 0.0481. The smallest absolute Gasteiger partial charge is 0.311 e. The molecule has 0 unspecified atom stereocenters. The minimum atomic E-state index is -0.375. The molecule has 0 saturated heterocycles.